The number of ether oxygens (including phenoxy) is 1. The van der Waals surface area contributed by atoms with E-state index in [4.69, 9.17) is 9.84 Å². The molecule has 2 N–H and O–H groups in total. The van der Waals surface area contributed by atoms with Gasteiger partial charge in [-0.15, -0.1) is 0 Å². The first-order chi connectivity index (χ1) is 10.2. The first-order valence-electron chi connectivity index (χ1n) is 7.33. The summed E-state index contributed by atoms with van der Waals surface area (Å²) in [5.74, 6) is 5.68. The lowest BCUT2D eigenvalue weighted by molar-refractivity contribution is 0.0712. The number of carbonyl (C=O) groups excluding carboxylic acids is 1. The molecule has 21 heavy (non-hydrogen) atoms. The fourth-order valence-corrected chi connectivity index (χ4v) is 2.34. The predicted molar refractivity (Wildman–Crippen MR) is 80.9 cm³/mol. The number of benzene rings is 1. The van der Waals surface area contributed by atoms with E-state index in [1.807, 2.05) is 19.1 Å². The van der Waals surface area contributed by atoms with Crippen molar-refractivity contribution in [2.75, 3.05) is 13.2 Å². The Kier molecular flexibility index (Phi) is 5.79. The fraction of sp³-hybridized carbons (Fsp3) is 0.471. The molecule has 0 aliphatic carbocycles. The molecule has 4 heteroatoms. The van der Waals surface area contributed by atoms with E-state index < -0.39 is 0 Å². The van der Waals surface area contributed by atoms with Crippen LogP contribution in [-0.4, -0.2) is 36.4 Å². The zero-order valence-electron chi connectivity index (χ0n) is 12.3. The molecule has 1 aromatic rings. The summed E-state index contributed by atoms with van der Waals surface area (Å²) < 4.78 is 5.58. The highest BCUT2D eigenvalue weighted by Gasteiger charge is 2.23. The molecule has 112 valence electrons. The average molecular weight is 287 g/mol. The summed E-state index contributed by atoms with van der Waals surface area (Å²) in [5.41, 5.74) is 1.37. The lowest BCUT2D eigenvalue weighted by Crippen LogP contribution is -2.40. The number of aliphatic hydroxyl groups excluding tert-OH is 1. The van der Waals surface area contributed by atoms with Crippen LogP contribution in [0.25, 0.3) is 0 Å². The van der Waals surface area contributed by atoms with E-state index in [0.29, 0.717) is 12.0 Å². The Morgan fingerprint density at radius 3 is 3.14 bits per heavy atom. The van der Waals surface area contributed by atoms with Crippen molar-refractivity contribution >= 4 is 5.91 Å². The Bertz CT molecular complexity index is 538. The largest absolute Gasteiger partial charge is 0.395 e. The second-order valence-corrected chi connectivity index (χ2v) is 5.17. The molecule has 2 unspecified atom stereocenters. The first kappa shape index (κ1) is 15.6. The van der Waals surface area contributed by atoms with Crippen LogP contribution >= 0.6 is 0 Å². The number of hydrogen-bond acceptors (Lipinski definition) is 3. The summed E-state index contributed by atoms with van der Waals surface area (Å²) in [6.45, 7) is 2.80. The van der Waals surface area contributed by atoms with Crippen LogP contribution in [0.15, 0.2) is 24.3 Å². The highest BCUT2D eigenvalue weighted by molar-refractivity contribution is 5.94. The SMILES string of the molecule is CC(NC(=O)c1cccc(C#CCCO)c1)C1CCCO1. The topological polar surface area (TPSA) is 58.6 Å². The van der Waals surface area contributed by atoms with E-state index in [-0.39, 0.29) is 24.7 Å². The molecule has 1 fully saturated rings. The number of carbonyl (C=O) groups is 1. The summed E-state index contributed by atoms with van der Waals surface area (Å²) in [5, 5.41) is 11.7. The van der Waals surface area contributed by atoms with Gasteiger partial charge in [0, 0.05) is 24.2 Å². The Labute approximate surface area is 125 Å². The van der Waals surface area contributed by atoms with Gasteiger partial charge in [0.15, 0.2) is 0 Å². The third-order valence-electron chi connectivity index (χ3n) is 3.48. The highest BCUT2D eigenvalue weighted by Crippen LogP contribution is 2.16. The summed E-state index contributed by atoms with van der Waals surface area (Å²) in [6, 6.07) is 7.21. The van der Waals surface area contributed by atoms with Crippen LogP contribution in [0.4, 0.5) is 0 Å². The van der Waals surface area contributed by atoms with Crippen molar-refractivity contribution in [1.29, 1.82) is 0 Å². The van der Waals surface area contributed by atoms with Gasteiger partial charge in [-0.1, -0.05) is 17.9 Å². The van der Waals surface area contributed by atoms with E-state index in [0.717, 1.165) is 25.0 Å². The van der Waals surface area contributed by atoms with E-state index in [1.54, 1.807) is 12.1 Å². The van der Waals surface area contributed by atoms with Crippen LogP contribution in [0.3, 0.4) is 0 Å². The normalized spacial score (nSPS) is 18.7. The van der Waals surface area contributed by atoms with Gasteiger partial charge in [-0.3, -0.25) is 4.79 Å². The molecular weight excluding hydrogens is 266 g/mol. The Balaban J connectivity index is 1.98. The van der Waals surface area contributed by atoms with Gasteiger partial charge in [-0.05, 0) is 38.0 Å². The summed E-state index contributed by atoms with van der Waals surface area (Å²) >= 11 is 0. The fourth-order valence-electron chi connectivity index (χ4n) is 2.34. The Morgan fingerprint density at radius 2 is 2.43 bits per heavy atom. The Morgan fingerprint density at radius 1 is 1.57 bits per heavy atom. The standard InChI is InChI=1S/C17H21NO3/c1-13(16-9-5-11-21-16)18-17(20)15-8-4-7-14(12-15)6-2-3-10-19/h4,7-8,12-13,16,19H,3,5,9-11H2,1H3,(H,18,20). The number of nitrogens with one attached hydrogen (secondary N) is 1. The van der Waals surface area contributed by atoms with Crippen LogP contribution in [-0.2, 0) is 4.74 Å². The van der Waals surface area contributed by atoms with Crippen molar-refractivity contribution in [1.82, 2.24) is 5.32 Å². The quantitative estimate of drug-likeness (QED) is 0.829. The maximum Gasteiger partial charge on any atom is 0.251 e. The maximum absolute atomic E-state index is 12.2. The molecule has 1 saturated heterocycles. The summed E-state index contributed by atoms with van der Waals surface area (Å²) in [7, 11) is 0. The van der Waals surface area contributed by atoms with Crippen LogP contribution in [0.2, 0.25) is 0 Å². The second kappa shape index (κ2) is 7.82. The molecule has 0 saturated carbocycles. The average Bonchev–Trinajstić information content (AvgIpc) is 3.02. The minimum absolute atomic E-state index is 0.00382. The van der Waals surface area contributed by atoms with Crippen molar-refractivity contribution in [3.63, 3.8) is 0 Å². The van der Waals surface area contributed by atoms with Crippen molar-refractivity contribution in [3.8, 4) is 11.8 Å². The highest BCUT2D eigenvalue weighted by atomic mass is 16.5. The lowest BCUT2D eigenvalue weighted by Gasteiger charge is -2.20. The zero-order valence-corrected chi connectivity index (χ0v) is 12.3. The smallest absolute Gasteiger partial charge is 0.251 e. The molecule has 0 aromatic heterocycles. The zero-order chi connectivity index (χ0) is 15.1. The third kappa shape index (κ3) is 4.59. The molecule has 0 radical (unpaired) electrons. The molecule has 2 atom stereocenters. The van der Waals surface area contributed by atoms with Gasteiger partial charge in [0.2, 0.25) is 0 Å². The number of rotatable bonds is 4. The first-order valence-corrected chi connectivity index (χ1v) is 7.33. The molecule has 1 aliphatic heterocycles. The monoisotopic (exact) mass is 287 g/mol. The van der Waals surface area contributed by atoms with E-state index in [1.165, 1.54) is 0 Å². The number of amides is 1. The van der Waals surface area contributed by atoms with Crippen molar-refractivity contribution in [2.45, 2.75) is 38.3 Å². The molecule has 1 aliphatic rings. The van der Waals surface area contributed by atoms with Gasteiger partial charge < -0.3 is 15.2 Å². The van der Waals surface area contributed by atoms with E-state index in [2.05, 4.69) is 17.2 Å². The minimum atomic E-state index is -0.108. The maximum atomic E-state index is 12.2. The van der Waals surface area contributed by atoms with Crippen LogP contribution < -0.4 is 5.32 Å². The second-order valence-electron chi connectivity index (χ2n) is 5.17. The van der Waals surface area contributed by atoms with Gasteiger partial charge in [0.25, 0.3) is 5.91 Å². The summed E-state index contributed by atoms with van der Waals surface area (Å²) in [6.07, 6.45) is 2.60. The van der Waals surface area contributed by atoms with Crippen molar-refractivity contribution in [3.05, 3.63) is 35.4 Å². The molecule has 1 heterocycles. The van der Waals surface area contributed by atoms with Gasteiger partial charge in [0.1, 0.15) is 0 Å². The molecule has 0 bridgehead atoms. The molecule has 2 rings (SSSR count). The predicted octanol–water partition coefficient (Wildman–Crippen LogP) is 1.72. The number of hydrogen-bond donors (Lipinski definition) is 2. The van der Waals surface area contributed by atoms with Crippen molar-refractivity contribution < 1.29 is 14.6 Å². The van der Waals surface area contributed by atoms with Crippen LogP contribution in [0, 0.1) is 11.8 Å². The molecular formula is C17H21NO3. The lowest BCUT2D eigenvalue weighted by atomic mass is 10.1. The van der Waals surface area contributed by atoms with Crippen LogP contribution in [0.1, 0.15) is 42.1 Å². The van der Waals surface area contributed by atoms with Gasteiger partial charge in [-0.2, -0.15) is 0 Å². The summed E-state index contributed by atoms with van der Waals surface area (Å²) in [4.78, 5) is 12.2. The minimum Gasteiger partial charge on any atom is -0.395 e. The van der Waals surface area contributed by atoms with Crippen molar-refractivity contribution in [2.24, 2.45) is 0 Å². The van der Waals surface area contributed by atoms with Gasteiger partial charge >= 0.3 is 0 Å². The molecule has 0 spiro atoms. The Hall–Kier alpha value is -1.83. The third-order valence-corrected chi connectivity index (χ3v) is 3.48. The molecule has 4 nitrogen and oxygen atoms in total. The molecule has 1 aromatic carbocycles. The van der Waals surface area contributed by atoms with E-state index >= 15 is 0 Å². The van der Waals surface area contributed by atoms with E-state index in [9.17, 15) is 4.79 Å². The van der Waals surface area contributed by atoms with Gasteiger partial charge in [-0.25, -0.2) is 0 Å². The number of aliphatic hydroxyl groups is 1. The molecule has 1 amide bonds. The van der Waals surface area contributed by atoms with Gasteiger partial charge in [0.05, 0.1) is 18.8 Å². The van der Waals surface area contributed by atoms with Crippen LogP contribution in [0.5, 0.6) is 0 Å².